The highest BCUT2D eigenvalue weighted by atomic mass is 15.2. The predicted molar refractivity (Wildman–Crippen MR) is 71.8 cm³/mol. The molecule has 0 aromatic heterocycles. The predicted octanol–water partition coefficient (Wildman–Crippen LogP) is 2.62. The van der Waals surface area contributed by atoms with Gasteiger partial charge in [-0.15, -0.1) is 0 Å². The molecule has 4 bridgehead atoms. The third-order valence-corrected chi connectivity index (χ3v) is 6.12. The Morgan fingerprint density at radius 2 is 1.47 bits per heavy atom. The summed E-state index contributed by atoms with van der Waals surface area (Å²) in [6.45, 7) is 5.39. The van der Waals surface area contributed by atoms with E-state index in [-0.39, 0.29) is 5.54 Å². The van der Waals surface area contributed by atoms with Crippen molar-refractivity contribution in [3.8, 4) is 0 Å². The molecule has 0 aliphatic heterocycles. The average molecular weight is 236 g/mol. The summed E-state index contributed by atoms with van der Waals surface area (Å²) >= 11 is 0. The molecule has 2 N–H and O–H groups in total. The van der Waals surface area contributed by atoms with Crippen molar-refractivity contribution in [3.63, 3.8) is 0 Å². The Labute approximate surface area is 106 Å². The maximum Gasteiger partial charge on any atom is 0.0277 e. The molecule has 4 saturated carbocycles. The zero-order valence-electron chi connectivity index (χ0n) is 11.7. The fourth-order valence-corrected chi connectivity index (χ4v) is 5.25. The van der Waals surface area contributed by atoms with Crippen LogP contribution in [0.2, 0.25) is 0 Å². The fourth-order valence-electron chi connectivity index (χ4n) is 5.25. The van der Waals surface area contributed by atoms with E-state index in [1.807, 2.05) is 0 Å². The van der Waals surface area contributed by atoms with Crippen LogP contribution in [0.5, 0.6) is 0 Å². The van der Waals surface area contributed by atoms with E-state index in [4.69, 9.17) is 5.73 Å². The Kier molecular flexibility index (Phi) is 2.61. The molecule has 0 aromatic rings. The van der Waals surface area contributed by atoms with Crippen LogP contribution >= 0.6 is 0 Å². The molecule has 2 nitrogen and oxygen atoms in total. The van der Waals surface area contributed by atoms with Crippen molar-refractivity contribution in [3.05, 3.63) is 0 Å². The highest BCUT2D eigenvalue weighted by Crippen LogP contribution is 2.58. The summed E-state index contributed by atoms with van der Waals surface area (Å²) in [4.78, 5) is 2.66. The van der Waals surface area contributed by atoms with Gasteiger partial charge >= 0.3 is 0 Å². The maximum atomic E-state index is 5.98. The van der Waals surface area contributed by atoms with Crippen molar-refractivity contribution in [2.24, 2.45) is 23.5 Å². The molecular weight excluding hydrogens is 208 g/mol. The Hall–Kier alpha value is -0.0800. The summed E-state index contributed by atoms with van der Waals surface area (Å²) in [6.07, 6.45) is 8.90. The molecule has 0 heterocycles. The van der Waals surface area contributed by atoms with Crippen molar-refractivity contribution in [1.82, 2.24) is 4.90 Å². The van der Waals surface area contributed by atoms with E-state index in [0.29, 0.717) is 5.54 Å². The van der Waals surface area contributed by atoms with Gasteiger partial charge in [0.25, 0.3) is 0 Å². The van der Waals surface area contributed by atoms with Gasteiger partial charge in [-0.1, -0.05) is 0 Å². The fraction of sp³-hybridized carbons (Fsp3) is 1.00. The van der Waals surface area contributed by atoms with Gasteiger partial charge in [-0.2, -0.15) is 0 Å². The number of hydrogen-bond donors (Lipinski definition) is 1. The Balaban J connectivity index is 1.86. The van der Waals surface area contributed by atoms with E-state index in [1.165, 1.54) is 38.5 Å². The molecule has 4 fully saturated rings. The lowest BCUT2D eigenvalue weighted by molar-refractivity contribution is -0.109. The van der Waals surface area contributed by atoms with E-state index < -0.39 is 0 Å². The van der Waals surface area contributed by atoms with Crippen LogP contribution in [0.1, 0.15) is 52.4 Å². The van der Waals surface area contributed by atoms with Crippen LogP contribution in [0.3, 0.4) is 0 Å². The van der Waals surface area contributed by atoms with Crippen molar-refractivity contribution >= 4 is 0 Å². The van der Waals surface area contributed by atoms with Crippen LogP contribution in [0.15, 0.2) is 0 Å². The lowest BCUT2D eigenvalue weighted by Crippen LogP contribution is -2.65. The Morgan fingerprint density at radius 1 is 1.06 bits per heavy atom. The van der Waals surface area contributed by atoms with E-state index in [9.17, 15) is 0 Å². The van der Waals surface area contributed by atoms with Crippen LogP contribution in [0, 0.1) is 17.8 Å². The molecular formula is C15H28N2. The van der Waals surface area contributed by atoms with Gasteiger partial charge in [-0.25, -0.2) is 0 Å². The van der Waals surface area contributed by atoms with Crippen molar-refractivity contribution in [1.29, 1.82) is 0 Å². The maximum absolute atomic E-state index is 5.98. The second kappa shape index (κ2) is 3.71. The molecule has 2 heteroatoms. The minimum atomic E-state index is 0.158. The number of nitrogens with two attached hydrogens (primary N) is 1. The first-order chi connectivity index (χ1) is 7.95. The monoisotopic (exact) mass is 236 g/mol. The second-order valence-corrected chi connectivity index (χ2v) is 7.72. The smallest absolute Gasteiger partial charge is 0.0277 e. The highest BCUT2D eigenvalue weighted by molar-refractivity contribution is 5.09. The SMILES string of the molecule is CN(C(C)(C)CN)C12CC3CC(CC(C3)C1)C2. The Morgan fingerprint density at radius 3 is 1.82 bits per heavy atom. The summed E-state index contributed by atoms with van der Waals surface area (Å²) in [5.74, 6) is 3.08. The van der Waals surface area contributed by atoms with Gasteiger partial charge in [-0.3, -0.25) is 4.90 Å². The first-order valence-corrected chi connectivity index (χ1v) is 7.39. The van der Waals surface area contributed by atoms with Gasteiger partial charge in [0.2, 0.25) is 0 Å². The van der Waals surface area contributed by atoms with Crippen LogP contribution < -0.4 is 5.73 Å². The number of likely N-dealkylation sites (N-methyl/N-ethyl adjacent to an activating group) is 1. The van der Waals surface area contributed by atoms with Crippen molar-refractivity contribution in [2.75, 3.05) is 13.6 Å². The topological polar surface area (TPSA) is 29.3 Å². The molecule has 4 aliphatic rings. The molecule has 4 rings (SSSR count). The third kappa shape index (κ3) is 1.76. The van der Waals surface area contributed by atoms with E-state index in [0.717, 1.165) is 24.3 Å². The van der Waals surface area contributed by atoms with Crippen LogP contribution in [-0.4, -0.2) is 29.6 Å². The molecule has 98 valence electrons. The number of rotatable bonds is 3. The molecule has 0 saturated heterocycles. The van der Waals surface area contributed by atoms with Gasteiger partial charge < -0.3 is 5.73 Å². The van der Waals surface area contributed by atoms with Gasteiger partial charge in [0, 0.05) is 17.6 Å². The zero-order chi connectivity index (χ0) is 12.3. The van der Waals surface area contributed by atoms with Gasteiger partial charge in [0.15, 0.2) is 0 Å². The molecule has 17 heavy (non-hydrogen) atoms. The molecule has 0 atom stereocenters. The summed E-state index contributed by atoms with van der Waals surface area (Å²) in [6, 6.07) is 0. The minimum absolute atomic E-state index is 0.158. The van der Waals surface area contributed by atoms with Crippen LogP contribution in [0.4, 0.5) is 0 Å². The molecule has 0 aromatic carbocycles. The zero-order valence-corrected chi connectivity index (χ0v) is 11.7. The lowest BCUT2D eigenvalue weighted by Gasteiger charge is -2.62. The van der Waals surface area contributed by atoms with Crippen LogP contribution in [0.25, 0.3) is 0 Å². The first kappa shape index (κ1) is 12.0. The van der Waals surface area contributed by atoms with E-state index >= 15 is 0 Å². The van der Waals surface area contributed by atoms with Crippen molar-refractivity contribution < 1.29 is 0 Å². The molecule has 4 aliphatic carbocycles. The van der Waals surface area contributed by atoms with E-state index in [2.05, 4.69) is 25.8 Å². The van der Waals surface area contributed by atoms with E-state index in [1.54, 1.807) is 0 Å². The standard InChI is InChI=1S/C15H28N2/c1-14(2,10-16)17(3)15-7-11-4-12(8-15)6-13(5-11)9-15/h11-13H,4-10,16H2,1-3H3. The third-order valence-electron chi connectivity index (χ3n) is 6.12. The summed E-state index contributed by atoms with van der Waals surface area (Å²) in [5, 5.41) is 0. The molecule has 0 unspecified atom stereocenters. The minimum Gasteiger partial charge on any atom is -0.329 e. The van der Waals surface area contributed by atoms with Crippen molar-refractivity contribution in [2.45, 2.75) is 63.5 Å². The number of hydrogen-bond acceptors (Lipinski definition) is 2. The highest BCUT2D eigenvalue weighted by Gasteiger charge is 2.54. The summed E-state index contributed by atoms with van der Waals surface area (Å²) < 4.78 is 0. The van der Waals surface area contributed by atoms with Gasteiger partial charge in [0.05, 0.1) is 0 Å². The molecule has 0 radical (unpaired) electrons. The molecule has 0 amide bonds. The van der Waals surface area contributed by atoms with Gasteiger partial charge in [0.1, 0.15) is 0 Å². The summed E-state index contributed by atoms with van der Waals surface area (Å²) in [7, 11) is 2.33. The summed E-state index contributed by atoms with van der Waals surface area (Å²) in [5.41, 5.74) is 6.64. The van der Waals surface area contributed by atoms with Gasteiger partial charge in [-0.05, 0) is 77.2 Å². The first-order valence-electron chi connectivity index (χ1n) is 7.39. The number of nitrogens with zero attached hydrogens (tertiary/aromatic N) is 1. The lowest BCUT2D eigenvalue weighted by atomic mass is 9.52. The normalized spacial score (nSPS) is 44.6. The largest absolute Gasteiger partial charge is 0.329 e. The average Bonchev–Trinajstić information content (AvgIpc) is 2.26. The van der Waals surface area contributed by atoms with Crippen LogP contribution in [-0.2, 0) is 0 Å². The molecule has 0 spiro atoms. The quantitative estimate of drug-likeness (QED) is 0.816. The Bertz CT molecular complexity index is 273. The second-order valence-electron chi connectivity index (χ2n) is 7.72.